The number of pyridine rings is 1. The quantitative estimate of drug-likeness (QED) is 0.631. The Labute approximate surface area is 189 Å². The molecule has 1 aromatic carbocycles. The van der Waals surface area contributed by atoms with Gasteiger partial charge in [0, 0.05) is 36.9 Å². The van der Waals surface area contributed by atoms with Gasteiger partial charge < -0.3 is 16.0 Å². The Bertz CT molecular complexity index is 810. The van der Waals surface area contributed by atoms with E-state index in [0.29, 0.717) is 24.1 Å². The molecule has 3 heterocycles. The van der Waals surface area contributed by atoms with Crippen LogP contribution in [0.1, 0.15) is 41.6 Å². The van der Waals surface area contributed by atoms with Crippen molar-refractivity contribution in [2.45, 2.75) is 56.3 Å². The van der Waals surface area contributed by atoms with Crippen molar-refractivity contribution in [2.75, 3.05) is 0 Å². The number of fused-ring (bicyclic) bond motifs is 2. The van der Waals surface area contributed by atoms with Crippen molar-refractivity contribution >= 4 is 36.6 Å². The number of hydrogen-bond donors (Lipinski definition) is 3. The van der Waals surface area contributed by atoms with Crippen LogP contribution in [0.3, 0.4) is 0 Å². The van der Waals surface area contributed by atoms with Crippen molar-refractivity contribution < 1.29 is 9.59 Å². The van der Waals surface area contributed by atoms with Crippen molar-refractivity contribution in [3.63, 3.8) is 0 Å². The molecule has 3 N–H and O–H groups in total. The molecule has 3 atom stereocenters. The number of rotatable bonds is 6. The molecule has 2 aliphatic rings. The number of carbonyl (C=O) groups is 2. The lowest BCUT2D eigenvalue weighted by atomic mass is 9.98. The van der Waals surface area contributed by atoms with E-state index in [1.54, 1.807) is 18.3 Å². The molecule has 2 bridgehead atoms. The highest BCUT2D eigenvalue weighted by Gasteiger charge is 2.35. The molecule has 30 heavy (non-hydrogen) atoms. The van der Waals surface area contributed by atoms with E-state index < -0.39 is 6.04 Å². The Hall–Kier alpha value is -2.15. The van der Waals surface area contributed by atoms with Gasteiger partial charge >= 0.3 is 0 Å². The second-order valence-electron chi connectivity index (χ2n) is 7.77. The molecule has 2 aliphatic heterocycles. The van der Waals surface area contributed by atoms with E-state index in [9.17, 15) is 9.59 Å². The van der Waals surface area contributed by atoms with Crippen LogP contribution in [-0.4, -0.2) is 41.0 Å². The zero-order valence-corrected chi connectivity index (χ0v) is 18.3. The van der Waals surface area contributed by atoms with Crippen molar-refractivity contribution in [2.24, 2.45) is 0 Å². The van der Waals surface area contributed by atoms with Gasteiger partial charge in [-0.05, 0) is 43.4 Å². The largest absolute Gasteiger partial charge is 0.351 e. The van der Waals surface area contributed by atoms with Crippen LogP contribution in [0.5, 0.6) is 0 Å². The number of carbonyl (C=O) groups excluding carboxylic acids is 2. The van der Waals surface area contributed by atoms with Gasteiger partial charge in [0.05, 0.1) is 5.56 Å². The molecular formula is C22H28Cl2N4O2. The molecule has 0 aliphatic carbocycles. The standard InChI is InChI=1S/C22H26N4O2.2ClH/c27-21(16-7-4-10-23-14-16)26-20(11-15-5-2-1-3-6-15)22(28)25-19-12-17-8-9-18(13-19)24-17;;/h1-7,10,14,17-20,24H,8-9,11-13H2,(H,25,28)(H,26,27);2*1H. The van der Waals surface area contributed by atoms with E-state index in [0.717, 1.165) is 18.4 Å². The van der Waals surface area contributed by atoms with Crippen LogP contribution in [0.25, 0.3) is 0 Å². The Kier molecular flexibility index (Phi) is 9.08. The maximum atomic E-state index is 13.1. The molecule has 162 valence electrons. The number of amides is 2. The van der Waals surface area contributed by atoms with E-state index in [1.807, 2.05) is 30.3 Å². The summed E-state index contributed by atoms with van der Waals surface area (Å²) in [4.78, 5) is 29.7. The minimum absolute atomic E-state index is 0. The highest BCUT2D eigenvalue weighted by molar-refractivity contribution is 5.97. The molecule has 0 radical (unpaired) electrons. The third-order valence-electron chi connectivity index (χ3n) is 5.65. The highest BCUT2D eigenvalue weighted by Crippen LogP contribution is 2.26. The number of hydrogen-bond acceptors (Lipinski definition) is 4. The average Bonchev–Trinajstić information content (AvgIpc) is 3.07. The predicted octanol–water partition coefficient (Wildman–Crippen LogP) is 2.67. The third kappa shape index (κ3) is 6.17. The fourth-order valence-electron chi connectivity index (χ4n) is 4.27. The van der Waals surface area contributed by atoms with Gasteiger partial charge in [0.2, 0.25) is 5.91 Å². The minimum Gasteiger partial charge on any atom is -0.351 e. The molecule has 2 aromatic rings. The minimum atomic E-state index is -0.623. The molecule has 6 nitrogen and oxygen atoms in total. The van der Waals surface area contributed by atoms with Gasteiger partial charge in [0.25, 0.3) is 5.91 Å². The number of benzene rings is 1. The van der Waals surface area contributed by atoms with E-state index in [2.05, 4.69) is 20.9 Å². The van der Waals surface area contributed by atoms with Crippen LogP contribution in [0.4, 0.5) is 0 Å². The van der Waals surface area contributed by atoms with Gasteiger partial charge in [0.15, 0.2) is 0 Å². The summed E-state index contributed by atoms with van der Waals surface area (Å²) in [5, 5.41) is 9.68. The molecule has 4 rings (SSSR count). The second-order valence-corrected chi connectivity index (χ2v) is 7.77. The lowest BCUT2D eigenvalue weighted by Crippen LogP contribution is -2.54. The predicted molar refractivity (Wildman–Crippen MR) is 121 cm³/mol. The zero-order chi connectivity index (χ0) is 19.3. The van der Waals surface area contributed by atoms with Crippen molar-refractivity contribution in [1.29, 1.82) is 0 Å². The second kappa shape index (κ2) is 11.3. The molecule has 1 aromatic heterocycles. The number of nitrogens with one attached hydrogen (secondary N) is 3. The summed E-state index contributed by atoms with van der Waals surface area (Å²) in [5.74, 6) is -0.401. The van der Waals surface area contributed by atoms with Crippen molar-refractivity contribution in [3.05, 3.63) is 66.0 Å². The Morgan fingerprint density at radius 2 is 1.73 bits per heavy atom. The van der Waals surface area contributed by atoms with E-state index >= 15 is 0 Å². The Morgan fingerprint density at radius 3 is 2.37 bits per heavy atom. The van der Waals surface area contributed by atoms with Crippen LogP contribution in [0.2, 0.25) is 0 Å². The van der Waals surface area contributed by atoms with Crippen LogP contribution in [-0.2, 0) is 11.2 Å². The number of halogens is 2. The molecule has 2 saturated heterocycles. The summed E-state index contributed by atoms with van der Waals surface area (Å²) < 4.78 is 0. The molecular weight excluding hydrogens is 423 g/mol. The Morgan fingerprint density at radius 1 is 1.03 bits per heavy atom. The molecule has 0 spiro atoms. The van der Waals surface area contributed by atoms with Gasteiger partial charge in [-0.1, -0.05) is 30.3 Å². The zero-order valence-electron chi connectivity index (χ0n) is 16.6. The maximum absolute atomic E-state index is 13.1. The van der Waals surface area contributed by atoms with E-state index in [1.165, 1.54) is 19.0 Å². The molecule has 0 saturated carbocycles. The Balaban J connectivity index is 0.00000160. The first-order valence-electron chi connectivity index (χ1n) is 9.98. The smallest absolute Gasteiger partial charge is 0.253 e. The number of aromatic nitrogens is 1. The monoisotopic (exact) mass is 450 g/mol. The summed E-state index contributed by atoms with van der Waals surface area (Å²) in [6, 6.07) is 13.7. The summed E-state index contributed by atoms with van der Waals surface area (Å²) in [6.45, 7) is 0. The fraction of sp³-hybridized carbons (Fsp3) is 0.409. The summed E-state index contributed by atoms with van der Waals surface area (Å²) in [7, 11) is 0. The van der Waals surface area contributed by atoms with Crippen LogP contribution in [0, 0.1) is 0 Å². The third-order valence-corrected chi connectivity index (χ3v) is 5.65. The number of nitrogens with zero attached hydrogens (tertiary/aromatic N) is 1. The van der Waals surface area contributed by atoms with Crippen LogP contribution >= 0.6 is 24.8 Å². The van der Waals surface area contributed by atoms with Gasteiger partial charge in [-0.25, -0.2) is 0 Å². The maximum Gasteiger partial charge on any atom is 0.253 e. The molecule has 8 heteroatoms. The summed E-state index contributed by atoms with van der Waals surface area (Å²) in [6.07, 6.45) is 7.86. The lowest BCUT2D eigenvalue weighted by Gasteiger charge is -2.31. The van der Waals surface area contributed by atoms with Gasteiger partial charge in [-0.3, -0.25) is 14.6 Å². The van der Waals surface area contributed by atoms with Crippen molar-refractivity contribution in [1.82, 2.24) is 20.9 Å². The molecule has 3 unspecified atom stereocenters. The summed E-state index contributed by atoms with van der Waals surface area (Å²) in [5.41, 5.74) is 1.47. The SMILES string of the molecule is Cl.Cl.O=C(NC(Cc1ccccc1)C(=O)NC1CC2CCC(C1)N2)c1cccnc1. The normalized spacial score (nSPS) is 22.7. The van der Waals surface area contributed by atoms with Crippen LogP contribution in [0.15, 0.2) is 54.9 Å². The average molecular weight is 451 g/mol. The summed E-state index contributed by atoms with van der Waals surface area (Å²) >= 11 is 0. The van der Waals surface area contributed by atoms with Gasteiger partial charge in [0.1, 0.15) is 6.04 Å². The molecule has 2 amide bonds. The van der Waals surface area contributed by atoms with Crippen molar-refractivity contribution in [3.8, 4) is 0 Å². The topological polar surface area (TPSA) is 83.1 Å². The first-order valence-corrected chi connectivity index (χ1v) is 9.98. The van der Waals surface area contributed by atoms with Gasteiger partial charge in [-0.15, -0.1) is 24.8 Å². The lowest BCUT2D eigenvalue weighted by molar-refractivity contribution is -0.123. The number of piperidine rings is 1. The first kappa shape index (κ1) is 24.1. The molecule has 2 fully saturated rings. The van der Waals surface area contributed by atoms with E-state index in [4.69, 9.17) is 0 Å². The van der Waals surface area contributed by atoms with Gasteiger partial charge in [-0.2, -0.15) is 0 Å². The van der Waals surface area contributed by atoms with E-state index in [-0.39, 0.29) is 42.7 Å². The highest BCUT2D eigenvalue weighted by atomic mass is 35.5. The first-order chi connectivity index (χ1) is 13.7. The fourth-order valence-corrected chi connectivity index (χ4v) is 4.27. The van der Waals surface area contributed by atoms with Crippen LogP contribution < -0.4 is 16.0 Å².